The van der Waals surface area contributed by atoms with E-state index in [2.05, 4.69) is 5.32 Å². The largest absolute Gasteiger partial charge is 0.378 e. The van der Waals surface area contributed by atoms with Gasteiger partial charge in [0.05, 0.1) is 12.1 Å². The Bertz CT molecular complexity index is 227. The van der Waals surface area contributed by atoms with E-state index >= 15 is 0 Å². The summed E-state index contributed by atoms with van der Waals surface area (Å²) in [7, 11) is 0. The molecule has 2 unspecified atom stereocenters. The molecule has 0 aromatic carbocycles. The van der Waals surface area contributed by atoms with Gasteiger partial charge in [-0.15, -0.1) is 0 Å². The number of rotatable bonds is 6. The first-order valence-electron chi connectivity index (χ1n) is 6.80. The highest BCUT2D eigenvalue weighted by molar-refractivity contribution is 5.81. The summed E-state index contributed by atoms with van der Waals surface area (Å²) in [5, 5.41) is 2.90. The number of nitrogens with two attached hydrogens (primary N) is 1. The summed E-state index contributed by atoms with van der Waals surface area (Å²) in [4.78, 5) is 11.7. The van der Waals surface area contributed by atoms with Crippen molar-refractivity contribution < 1.29 is 9.53 Å². The fourth-order valence-corrected chi connectivity index (χ4v) is 2.02. The average molecular weight is 242 g/mol. The maximum Gasteiger partial charge on any atom is 0.237 e. The molecule has 1 aliphatic rings. The Morgan fingerprint density at radius 1 is 1.53 bits per heavy atom. The van der Waals surface area contributed by atoms with Crippen molar-refractivity contribution in [1.82, 2.24) is 5.32 Å². The lowest BCUT2D eigenvalue weighted by atomic mass is 9.99. The van der Waals surface area contributed by atoms with Crippen LogP contribution in [0.3, 0.4) is 0 Å². The molecule has 1 heterocycles. The fourth-order valence-electron chi connectivity index (χ4n) is 2.02. The van der Waals surface area contributed by atoms with Gasteiger partial charge in [-0.3, -0.25) is 4.79 Å². The van der Waals surface area contributed by atoms with E-state index in [1.165, 1.54) is 12.8 Å². The van der Waals surface area contributed by atoms with Crippen molar-refractivity contribution in [1.29, 1.82) is 0 Å². The Balaban J connectivity index is 2.14. The summed E-state index contributed by atoms with van der Waals surface area (Å²) in [5.41, 5.74) is 5.85. The van der Waals surface area contributed by atoms with Crippen molar-refractivity contribution in [2.24, 2.45) is 11.7 Å². The van der Waals surface area contributed by atoms with Crippen molar-refractivity contribution in [2.75, 3.05) is 13.2 Å². The Morgan fingerprint density at radius 3 is 2.88 bits per heavy atom. The number of amides is 1. The predicted octanol–water partition coefficient (Wildman–Crippen LogP) is 1.44. The molecule has 17 heavy (non-hydrogen) atoms. The van der Waals surface area contributed by atoms with Gasteiger partial charge in [-0.05, 0) is 31.6 Å². The third-order valence-corrected chi connectivity index (χ3v) is 3.60. The molecule has 0 aromatic rings. The number of carbonyl (C=O) groups excluding carboxylic acids is 1. The minimum atomic E-state index is -0.382. The molecule has 0 bridgehead atoms. The van der Waals surface area contributed by atoms with Crippen LogP contribution < -0.4 is 11.1 Å². The fraction of sp³-hybridized carbons (Fsp3) is 0.923. The molecule has 0 aliphatic carbocycles. The van der Waals surface area contributed by atoms with Crippen LogP contribution >= 0.6 is 0 Å². The standard InChI is InChI=1S/C13H26N2O2/c1-3-10(2)12(14)13(16)15-8-7-11-6-4-5-9-17-11/h10-12H,3-9,14H2,1-2H3,(H,15,16)/t10?,11?,12-/m0/s1. The van der Waals surface area contributed by atoms with Crippen LogP contribution in [0.25, 0.3) is 0 Å². The zero-order valence-electron chi connectivity index (χ0n) is 11.1. The predicted molar refractivity (Wildman–Crippen MR) is 68.6 cm³/mol. The maximum absolute atomic E-state index is 11.7. The van der Waals surface area contributed by atoms with Gasteiger partial charge in [-0.2, -0.15) is 0 Å². The second-order valence-corrected chi connectivity index (χ2v) is 4.98. The van der Waals surface area contributed by atoms with E-state index in [9.17, 15) is 4.79 Å². The van der Waals surface area contributed by atoms with Gasteiger partial charge in [0, 0.05) is 13.2 Å². The number of hydrogen-bond acceptors (Lipinski definition) is 3. The molecule has 1 amide bonds. The summed E-state index contributed by atoms with van der Waals surface area (Å²) in [6.07, 6.45) is 5.68. The van der Waals surface area contributed by atoms with Gasteiger partial charge in [0.1, 0.15) is 0 Å². The van der Waals surface area contributed by atoms with Crippen molar-refractivity contribution in [3.63, 3.8) is 0 Å². The molecule has 1 fully saturated rings. The molecule has 0 saturated carbocycles. The molecule has 0 aromatic heterocycles. The molecule has 0 spiro atoms. The highest BCUT2D eigenvalue weighted by atomic mass is 16.5. The van der Waals surface area contributed by atoms with E-state index in [0.29, 0.717) is 12.6 Å². The quantitative estimate of drug-likeness (QED) is 0.740. The van der Waals surface area contributed by atoms with E-state index in [1.807, 2.05) is 13.8 Å². The van der Waals surface area contributed by atoms with Gasteiger partial charge >= 0.3 is 0 Å². The van der Waals surface area contributed by atoms with Gasteiger partial charge in [0.15, 0.2) is 0 Å². The SMILES string of the molecule is CCC(C)[C@H](N)C(=O)NCCC1CCCCO1. The molecule has 100 valence electrons. The van der Waals surface area contributed by atoms with E-state index in [1.54, 1.807) is 0 Å². The third kappa shape index (κ3) is 5.04. The van der Waals surface area contributed by atoms with Crippen LogP contribution in [0.15, 0.2) is 0 Å². The Morgan fingerprint density at radius 2 is 2.29 bits per heavy atom. The number of ether oxygens (including phenoxy) is 1. The van der Waals surface area contributed by atoms with Crippen molar-refractivity contribution >= 4 is 5.91 Å². The van der Waals surface area contributed by atoms with E-state index < -0.39 is 0 Å². The number of carbonyl (C=O) groups is 1. The summed E-state index contributed by atoms with van der Waals surface area (Å²) in [5.74, 6) is 0.205. The second kappa shape index (κ2) is 7.67. The molecule has 3 atom stereocenters. The van der Waals surface area contributed by atoms with Crippen LogP contribution in [-0.4, -0.2) is 31.2 Å². The van der Waals surface area contributed by atoms with Crippen LogP contribution in [0.4, 0.5) is 0 Å². The lowest BCUT2D eigenvalue weighted by Crippen LogP contribution is -2.45. The molecule has 1 saturated heterocycles. The van der Waals surface area contributed by atoms with Gasteiger partial charge in [0.25, 0.3) is 0 Å². The summed E-state index contributed by atoms with van der Waals surface area (Å²) in [6.45, 7) is 5.60. The lowest BCUT2D eigenvalue weighted by Gasteiger charge is -2.23. The van der Waals surface area contributed by atoms with Crippen LogP contribution in [0, 0.1) is 5.92 Å². The monoisotopic (exact) mass is 242 g/mol. The molecule has 4 nitrogen and oxygen atoms in total. The Kier molecular flexibility index (Phi) is 6.52. The summed E-state index contributed by atoms with van der Waals surface area (Å²) in [6, 6.07) is -0.382. The highest BCUT2D eigenvalue weighted by Gasteiger charge is 2.19. The zero-order chi connectivity index (χ0) is 12.7. The van der Waals surface area contributed by atoms with Crippen molar-refractivity contribution in [2.45, 2.75) is 58.1 Å². The lowest BCUT2D eigenvalue weighted by molar-refractivity contribution is -0.123. The second-order valence-electron chi connectivity index (χ2n) is 4.98. The molecule has 3 N–H and O–H groups in total. The zero-order valence-corrected chi connectivity index (χ0v) is 11.1. The molecule has 1 rings (SSSR count). The highest BCUT2D eigenvalue weighted by Crippen LogP contribution is 2.14. The van der Waals surface area contributed by atoms with Gasteiger partial charge in [-0.25, -0.2) is 0 Å². The van der Waals surface area contributed by atoms with E-state index in [0.717, 1.165) is 25.9 Å². The van der Waals surface area contributed by atoms with Crippen molar-refractivity contribution in [3.8, 4) is 0 Å². The van der Waals surface area contributed by atoms with Crippen LogP contribution in [0.2, 0.25) is 0 Å². The molecule has 1 aliphatic heterocycles. The minimum absolute atomic E-state index is 0.0323. The van der Waals surface area contributed by atoms with Crippen LogP contribution in [0.1, 0.15) is 46.0 Å². The number of hydrogen-bond donors (Lipinski definition) is 2. The van der Waals surface area contributed by atoms with Crippen LogP contribution in [0.5, 0.6) is 0 Å². The maximum atomic E-state index is 11.7. The third-order valence-electron chi connectivity index (χ3n) is 3.60. The Hall–Kier alpha value is -0.610. The molecular formula is C13H26N2O2. The van der Waals surface area contributed by atoms with E-state index in [4.69, 9.17) is 10.5 Å². The molecule has 4 heteroatoms. The van der Waals surface area contributed by atoms with Gasteiger partial charge < -0.3 is 15.8 Å². The Labute approximate surface area is 104 Å². The van der Waals surface area contributed by atoms with Crippen molar-refractivity contribution in [3.05, 3.63) is 0 Å². The molecular weight excluding hydrogens is 216 g/mol. The smallest absolute Gasteiger partial charge is 0.237 e. The van der Waals surface area contributed by atoms with E-state index in [-0.39, 0.29) is 17.9 Å². The normalized spacial score (nSPS) is 24.1. The van der Waals surface area contributed by atoms with Gasteiger partial charge in [0.2, 0.25) is 5.91 Å². The topological polar surface area (TPSA) is 64.4 Å². The van der Waals surface area contributed by atoms with Gasteiger partial charge in [-0.1, -0.05) is 20.3 Å². The summed E-state index contributed by atoms with van der Waals surface area (Å²) >= 11 is 0. The van der Waals surface area contributed by atoms with Crippen LogP contribution in [-0.2, 0) is 9.53 Å². The summed E-state index contributed by atoms with van der Waals surface area (Å²) < 4.78 is 5.61. The first-order valence-corrected chi connectivity index (χ1v) is 6.80. The minimum Gasteiger partial charge on any atom is -0.378 e. The average Bonchev–Trinajstić information content (AvgIpc) is 2.38. The molecule has 0 radical (unpaired) electrons. The first-order chi connectivity index (χ1) is 8.15. The number of nitrogens with one attached hydrogen (secondary N) is 1. The first kappa shape index (κ1) is 14.5.